The van der Waals surface area contributed by atoms with Gasteiger partial charge in [0.15, 0.2) is 0 Å². The van der Waals surface area contributed by atoms with Crippen LogP contribution in [0.1, 0.15) is 16.5 Å². The molecule has 1 nitrogen and oxygen atoms in total. The molecule has 2 N–H and O–H groups in total. The molecule has 0 fully saturated rings. The summed E-state index contributed by atoms with van der Waals surface area (Å²) in [6.07, 6.45) is 0. The molecule has 0 bridgehead atoms. The molecule has 2 rings (SSSR count). The molecule has 2 aromatic rings. The van der Waals surface area contributed by atoms with Crippen LogP contribution in [-0.4, -0.2) is 0 Å². The molecule has 0 radical (unpaired) electrons. The monoisotopic (exact) mass is 379 g/mol. The first-order chi connectivity index (χ1) is 7.58. The lowest BCUT2D eigenvalue weighted by Gasteiger charge is -2.09. The number of rotatable bonds is 2. The number of halogens is 3. The molecule has 16 heavy (non-hydrogen) atoms. The first-order valence-electron chi connectivity index (χ1n) is 4.53. The Balaban J connectivity index is 2.31. The summed E-state index contributed by atoms with van der Waals surface area (Å²) in [7, 11) is 0. The van der Waals surface area contributed by atoms with Gasteiger partial charge in [-0.05, 0) is 39.7 Å². The van der Waals surface area contributed by atoms with Crippen molar-refractivity contribution in [2.24, 2.45) is 5.73 Å². The van der Waals surface area contributed by atoms with Gasteiger partial charge in [0, 0.05) is 9.35 Å². The summed E-state index contributed by atoms with van der Waals surface area (Å²) >= 11 is 14.3. The van der Waals surface area contributed by atoms with Gasteiger partial charge in [0.25, 0.3) is 0 Å². The second-order valence-electron chi connectivity index (χ2n) is 3.30. The molecule has 0 aliphatic carbocycles. The van der Waals surface area contributed by atoms with Gasteiger partial charge in [-0.15, -0.1) is 11.3 Å². The highest BCUT2D eigenvalue weighted by molar-refractivity contribution is 9.11. The lowest BCUT2D eigenvalue weighted by molar-refractivity contribution is 0.893. The van der Waals surface area contributed by atoms with Crippen molar-refractivity contribution >= 4 is 54.8 Å². The third-order valence-electron chi connectivity index (χ3n) is 2.20. The van der Waals surface area contributed by atoms with Crippen LogP contribution in [0.4, 0.5) is 0 Å². The van der Waals surface area contributed by atoms with Crippen molar-refractivity contribution in [2.75, 3.05) is 0 Å². The predicted molar refractivity (Wildman–Crippen MR) is 77.2 cm³/mol. The van der Waals surface area contributed by atoms with Crippen molar-refractivity contribution in [3.05, 3.63) is 54.1 Å². The number of hydrogen-bond donors (Lipinski definition) is 1. The van der Waals surface area contributed by atoms with Crippen LogP contribution in [0, 0.1) is 0 Å². The summed E-state index contributed by atoms with van der Waals surface area (Å²) < 4.78 is 1.98. The first kappa shape index (κ1) is 12.6. The smallest absolute Gasteiger partial charge is 0.0888 e. The quantitative estimate of drug-likeness (QED) is 0.780. The third kappa shape index (κ3) is 2.68. The lowest BCUT2D eigenvalue weighted by Crippen LogP contribution is -2.09. The van der Waals surface area contributed by atoms with Gasteiger partial charge in [-0.3, -0.25) is 0 Å². The highest BCUT2D eigenvalue weighted by Gasteiger charge is 2.13. The number of thiophene rings is 1. The van der Waals surface area contributed by atoms with E-state index in [9.17, 15) is 0 Å². The van der Waals surface area contributed by atoms with E-state index in [0.717, 1.165) is 18.7 Å². The zero-order valence-corrected chi connectivity index (χ0v) is 12.8. The third-order valence-corrected chi connectivity index (χ3v) is 5.29. The molecule has 1 unspecified atom stereocenters. The van der Waals surface area contributed by atoms with Gasteiger partial charge in [0.2, 0.25) is 0 Å². The molecule has 0 aliphatic heterocycles. The fourth-order valence-corrected chi connectivity index (χ4v) is 3.39. The first-order valence-corrected chi connectivity index (χ1v) is 7.32. The minimum atomic E-state index is -0.123. The number of benzene rings is 1. The van der Waals surface area contributed by atoms with E-state index in [1.165, 1.54) is 0 Å². The Hall–Kier alpha value is 0.130. The maximum absolute atomic E-state index is 6.16. The number of nitrogens with two attached hydrogens (primary N) is 1. The summed E-state index contributed by atoms with van der Waals surface area (Å²) in [5.74, 6) is 0. The molecule has 0 saturated heterocycles. The molecule has 0 aliphatic rings. The van der Waals surface area contributed by atoms with Crippen molar-refractivity contribution in [2.45, 2.75) is 6.04 Å². The van der Waals surface area contributed by atoms with Crippen LogP contribution in [0.2, 0.25) is 5.02 Å². The molecule has 0 saturated carbocycles. The minimum absolute atomic E-state index is 0.123. The van der Waals surface area contributed by atoms with E-state index in [2.05, 4.69) is 31.9 Å². The van der Waals surface area contributed by atoms with Crippen LogP contribution >= 0.6 is 54.8 Å². The van der Waals surface area contributed by atoms with E-state index < -0.39 is 0 Å². The second-order valence-corrected chi connectivity index (χ2v) is 7.02. The lowest BCUT2D eigenvalue weighted by atomic mass is 10.1. The Morgan fingerprint density at radius 2 is 1.81 bits per heavy atom. The van der Waals surface area contributed by atoms with Crippen molar-refractivity contribution < 1.29 is 0 Å². The molecule has 0 amide bonds. The molecular weight excluding hydrogens is 373 g/mol. The predicted octanol–water partition coefficient (Wildman–Crippen LogP) is 4.97. The topological polar surface area (TPSA) is 26.0 Å². The highest BCUT2D eigenvalue weighted by Crippen LogP contribution is 2.36. The van der Waals surface area contributed by atoms with Crippen LogP contribution in [0.25, 0.3) is 0 Å². The van der Waals surface area contributed by atoms with Gasteiger partial charge in [0.05, 0.1) is 14.9 Å². The SMILES string of the molecule is NC(c1ccc(Br)cc1)c1cc(Cl)c(Br)s1. The largest absolute Gasteiger partial charge is 0.320 e. The average Bonchev–Trinajstić information content (AvgIpc) is 2.59. The van der Waals surface area contributed by atoms with Crippen LogP contribution in [0.5, 0.6) is 0 Å². The van der Waals surface area contributed by atoms with Crippen molar-refractivity contribution in [3.63, 3.8) is 0 Å². The molecular formula is C11H8Br2ClNS. The van der Waals surface area contributed by atoms with Crippen LogP contribution in [-0.2, 0) is 0 Å². The van der Waals surface area contributed by atoms with Gasteiger partial charge in [0.1, 0.15) is 0 Å². The standard InChI is InChI=1S/C11H8Br2ClNS/c12-7-3-1-6(2-4-7)10(15)9-5-8(14)11(13)16-9/h1-5,10H,15H2. The minimum Gasteiger partial charge on any atom is -0.320 e. The zero-order valence-electron chi connectivity index (χ0n) is 8.08. The fraction of sp³-hybridized carbons (Fsp3) is 0.0909. The summed E-state index contributed by atoms with van der Waals surface area (Å²) in [5, 5.41) is 0.715. The Kier molecular flexibility index (Phi) is 4.08. The molecule has 84 valence electrons. The highest BCUT2D eigenvalue weighted by atomic mass is 79.9. The van der Waals surface area contributed by atoms with E-state index in [4.69, 9.17) is 17.3 Å². The molecule has 0 spiro atoms. The summed E-state index contributed by atoms with van der Waals surface area (Å²) in [5.41, 5.74) is 7.24. The Bertz CT molecular complexity index is 476. The van der Waals surface area contributed by atoms with E-state index >= 15 is 0 Å². The summed E-state index contributed by atoms with van der Waals surface area (Å²) in [6, 6.07) is 9.77. The Morgan fingerprint density at radius 3 is 2.31 bits per heavy atom. The van der Waals surface area contributed by atoms with Gasteiger partial charge in [-0.2, -0.15) is 0 Å². The van der Waals surface area contributed by atoms with Crippen LogP contribution in [0.3, 0.4) is 0 Å². The van der Waals surface area contributed by atoms with E-state index in [0.29, 0.717) is 5.02 Å². The normalized spacial score (nSPS) is 12.8. The molecule has 1 aromatic heterocycles. The maximum Gasteiger partial charge on any atom is 0.0888 e. The number of hydrogen-bond acceptors (Lipinski definition) is 2. The summed E-state index contributed by atoms with van der Waals surface area (Å²) in [4.78, 5) is 1.05. The Morgan fingerprint density at radius 1 is 1.19 bits per heavy atom. The average molecular weight is 382 g/mol. The van der Waals surface area contributed by atoms with E-state index in [1.807, 2.05) is 30.3 Å². The van der Waals surface area contributed by atoms with Gasteiger partial charge >= 0.3 is 0 Å². The maximum atomic E-state index is 6.16. The zero-order chi connectivity index (χ0) is 11.7. The van der Waals surface area contributed by atoms with Gasteiger partial charge in [-0.1, -0.05) is 39.7 Å². The van der Waals surface area contributed by atoms with Crippen molar-refractivity contribution in [3.8, 4) is 0 Å². The summed E-state index contributed by atoms with van der Waals surface area (Å²) in [6.45, 7) is 0. The molecule has 1 heterocycles. The fourth-order valence-electron chi connectivity index (χ4n) is 1.35. The second kappa shape index (κ2) is 5.19. The van der Waals surface area contributed by atoms with Crippen LogP contribution < -0.4 is 5.73 Å². The van der Waals surface area contributed by atoms with Gasteiger partial charge in [-0.25, -0.2) is 0 Å². The molecule has 1 atom stereocenters. The van der Waals surface area contributed by atoms with Crippen molar-refractivity contribution in [1.82, 2.24) is 0 Å². The van der Waals surface area contributed by atoms with Gasteiger partial charge < -0.3 is 5.73 Å². The molecule has 5 heteroatoms. The van der Waals surface area contributed by atoms with E-state index in [1.54, 1.807) is 11.3 Å². The Labute approximate surface area is 120 Å². The van der Waals surface area contributed by atoms with Crippen molar-refractivity contribution in [1.29, 1.82) is 0 Å². The van der Waals surface area contributed by atoms with Crippen LogP contribution in [0.15, 0.2) is 38.6 Å². The van der Waals surface area contributed by atoms with E-state index in [-0.39, 0.29) is 6.04 Å². The molecule has 1 aromatic carbocycles.